The number of carbonyl (C=O) groups is 2. The molecule has 0 radical (unpaired) electrons. The lowest BCUT2D eigenvalue weighted by atomic mass is 9.90. The maximum Gasteiger partial charge on any atom is 0.254 e. The predicted molar refractivity (Wildman–Crippen MR) is 119 cm³/mol. The number of aryl methyl sites for hydroxylation is 1. The normalized spacial score (nSPS) is 17.1. The molecule has 2 aromatic rings. The van der Waals surface area contributed by atoms with Crippen LogP contribution in [0.25, 0.3) is 0 Å². The van der Waals surface area contributed by atoms with Crippen LogP contribution in [0.15, 0.2) is 48.5 Å². The fourth-order valence-corrected chi connectivity index (χ4v) is 4.46. The minimum absolute atomic E-state index is 0.141. The van der Waals surface area contributed by atoms with Gasteiger partial charge in [-0.15, -0.1) is 0 Å². The number of benzene rings is 2. The van der Waals surface area contributed by atoms with Crippen LogP contribution < -0.4 is 0 Å². The van der Waals surface area contributed by atoms with E-state index >= 15 is 0 Å². The topological polar surface area (TPSA) is 40.6 Å². The van der Waals surface area contributed by atoms with Crippen LogP contribution in [0.3, 0.4) is 0 Å². The Hall–Kier alpha value is -2.62. The van der Waals surface area contributed by atoms with Gasteiger partial charge >= 0.3 is 0 Å². The number of carbonyl (C=O) groups excluding carboxylic acids is 2. The fraction of sp³-hybridized carbons (Fsp3) is 0.462. The van der Waals surface area contributed by atoms with Gasteiger partial charge in [-0.05, 0) is 68.2 Å². The number of likely N-dealkylation sites (tertiary alicyclic amines) is 1. The maximum atomic E-state index is 13.1. The summed E-state index contributed by atoms with van der Waals surface area (Å²) in [5.74, 6) is 0.984. The van der Waals surface area contributed by atoms with E-state index in [9.17, 15) is 9.59 Å². The Balaban J connectivity index is 1.36. The van der Waals surface area contributed by atoms with E-state index < -0.39 is 0 Å². The van der Waals surface area contributed by atoms with Crippen LogP contribution in [-0.4, -0.2) is 40.7 Å². The number of piperidine rings is 1. The van der Waals surface area contributed by atoms with Gasteiger partial charge in [0.05, 0.1) is 0 Å². The summed E-state index contributed by atoms with van der Waals surface area (Å²) in [5, 5.41) is 0. The second kappa shape index (κ2) is 9.03. The van der Waals surface area contributed by atoms with E-state index in [1.54, 1.807) is 6.92 Å². The van der Waals surface area contributed by atoms with E-state index in [1.165, 1.54) is 11.1 Å². The third-order valence-corrected chi connectivity index (χ3v) is 6.47. The molecule has 1 aliphatic heterocycles. The van der Waals surface area contributed by atoms with Crippen LogP contribution in [0.1, 0.15) is 59.7 Å². The lowest BCUT2D eigenvalue weighted by molar-refractivity contribution is -0.130. The van der Waals surface area contributed by atoms with Gasteiger partial charge in [0, 0.05) is 38.2 Å². The van der Waals surface area contributed by atoms with Gasteiger partial charge in [-0.1, -0.05) is 42.0 Å². The van der Waals surface area contributed by atoms with Crippen molar-refractivity contribution < 1.29 is 9.59 Å². The van der Waals surface area contributed by atoms with Gasteiger partial charge in [0.25, 0.3) is 5.91 Å². The Morgan fingerprint density at radius 3 is 2.23 bits per heavy atom. The molecule has 0 bridgehead atoms. The molecule has 2 amide bonds. The van der Waals surface area contributed by atoms with E-state index in [0.29, 0.717) is 18.5 Å². The van der Waals surface area contributed by atoms with Crippen molar-refractivity contribution in [2.24, 2.45) is 5.92 Å². The Bertz CT molecular complexity index is 894. The molecule has 2 fully saturated rings. The summed E-state index contributed by atoms with van der Waals surface area (Å²) in [6.07, 6.45) is 5.45. The molecule has 1 saturated carbocycles. The fourth-order valence-electron chi connectivity index (χ4n) is 4.46. The minimum Gasteiger partial charge on any atom is -0.343 e. The van der Waals surface area contributed by atoms with Crippen molar-refractivity contribution in [1.82, 2.24) is 9.80 Å². The van der Waals surface area contributed by atoms with Crippen LogP contribution in [0, 0.1) is 12.8 Å². The number of nitrogens with zero attached hydrogens (tertiary/aromatic N) is 2. The summed E-state index contributed by atoms with van der Waals surface area (Å²) >= 11 is 0. The molecule has 2 aliphatic rings. The largest absolute Gasteiger partial charge is 0.343 e. The van der Waals surface area contributed by atoms with Crippen molar-refractivity contribution in [2.75, 3.05) is 13.1 Å². The number of hydrogen-bond acceptors (Lipinski definition) is 2. The average molecular weight is 405 g/mol. The SMILES string of the molecule is CC(=O)N1CCC(Cc2ccc(CN(C(=O)c3cccc(C)c3)C3CC3)cc2)CC1. The van der Waals surface area contributed by atoms with Gasteiger partial charge in [0.2, 0.25) is 5.91 Å². The molecule has 0 unspecified atom stereocenters. The molecule has 4 nitrogen and oxygen atoms in total. The maximum absolute atomic E-state index is 13.1. The van der Waals surface area contributed by atoms with Crippen molar-refractivity contribution in [3.8, 4) is 0 Å². The van der Waals surface area contributed by atoms with Crippen LogP contribution in [0.2, 0.25) is 0 Å². The highest BCUT2D eigenvalue weighted by Crippen LogP contribution is 2.30. The molecule has 0 aromatic heterocycles. The summed E-state index contributed by atoms with van der Waals surface area (Å²) in [6, 6.07) is 17.1. The number of hydrogen-bond donors (Lipinski definition) is 0. The monoisotopic (exact) mass is 404 g/mol. The van der Waals surface area contributed by atoms with Crippen molar-refractivity contribution in [3.05, 3.63) is 70.8 Å². The van der Waals surface area contributed by atoms with E-state index in [0.717, 1.165) is 56.3 Å². The highest BCUT2D eigenvalue weighted by molar-refractivity contribution is 5.94. The smallest absolute Gasteiger partial charge is 0.254 e. The Morgan fingerprint density at radius 2 is 1.63 bits per heavy atom. The minimum atomic E-state index is 0.141. The molecule has 0 spiro atoms. The molecule has 30 heavy (non-hydrogen) atoms. The number of amides is 2. The lowest BCUT2D eigenvalue weighted by Crippen LogP contribution is -2.37. The Morgan fingerprint density at radius 1 is 0.967 bits per heavy atom. The van der Waals surface area contributed by atoms with Crippen molar-refractivity contribution in [2.45, 2.75) is 58.5 Å². The molecule has 158 valence electrons. The average Bonchev–Trinajstić information content (AvgIpc) is 3.58. The zero-order valence-electron chi connectivity index (χ0n) is 18.1. The predicted octanol–water partition coefficient (Wildman–Crippen LogP) is 4.60. The summed E-state index contributed by atoms with van der Waals surface area (Å²) in [4.78, 5) is 28.6. The van der Waals surface area contributed by atoms with E-state index in [4.69, 9.17) is 0 Å². The van der Waals surface area contributed by atoms with E-state index in [2.05, 4.69) is 24.3 Å². The molecule has 1 heterocycles. The quantitative estimate of drug-likeness (QED) is 0.706. The molecule has 1 aliphatic carbocycles. The highest BCUT2D eigenvalue weighted by atomic mass is 16.2. The van der Waals surface area contributed by atoms with Gasteiger partial charge < -0.3 is 9.80 Å². The van der Waals surface area contributed by atoms with Crippen LogP contribution in [-0.2, 0) is 17.8 Å². The van der Waals surface area contributed by atoms with E-state index in [1.807, 2.05) is 41.0 Å². The standard InChI is InChI=1S/C26H32N2O2/c1-19-4-3-5-24(16-19)26(30)28(25-10-11-25)18-23-8-6-21(7-9-23)17-22-12-14-27(15-13-22)20(2)29/h3-9,16,22,25H,10-15,17-18H2,1-2H3. The summed E-state index contributed by atoms with van der Waals surface area (Å²) < 4.78 is 0. The highest BCUT2D eigenvalue weighted by Gasteiger charge is 2.33. The Labute approximate surface area is 179 Å². The summed E-state index contributed by atoms with van der Waals surface area (Å²) in [5.41, 5.74) is 4.45. The van der Waals surface area contributed by atoms with Crippen molar-refractivity contribution >= 4 is 11.8 Å². The van der Waals surface area contributed by atoms with Crippen molar-refractivity contribution in [3.63, 3.8) is 0 Å². The summed E-state index contributed by atoms with van der Waals surface area (Å²) in [6.45, 7) is 6.13. The summed E-state index contributed by atoms with van der Waals surface area (Å²) in [7, 11) is 0. The van der Waals surface area contributed by atoms with Crippen LogP contribution >= 0.6 is 0 Å². The molecule has 2 aromatic carbocycles. The van der Waals surface area contributed by atoms with Gasteiger partial charge in [0.1, 0.15) is 0 Å². The molecule has 0 atom stereocenters. The Kier molecular flexibility index (Phi) is 6.21. The first-order valence-corrected chi connectivity index (χ1v) is 11.2. The molecule has 0 N–H and O–H groups in total. The first kappa shape index (κ1) is 20.6. The molecule has 1 saturated heterocycles. The number of rotatable bonds is 6. The zero-order chi connectivity index (χ0) is 21.1. The van der Waals surface area contributed by atoms with Gasteiger partial charge in [-0.2, -0.15) is 0 Å². The molecular weight excluding hydrogens is 372 g/mol. The third-order valence-electron chi connectivity index (χ3n) is 6.47. The van der Waals surface area contributed by atoms with Gasteiger partial charge in [0.15, 0.2) is 0 Å². The van der Waals surface area contributed by atoms with Gasteiger partial charge in [-0.3, -0.25) is 9.59 Å². The van der Waals surface area contributed by atoms with E-state index in [-0.39, 0.29) is 11.8 Å². The van der Waals surface area contributed by atoms with Gasteiger partial charge in [-0.25, -0.2) is 0 Å². The first-order valence-electron chi connectivity index (χ1n) is 11.2. The molecule has 4 rings (SSSR count). The molecule has 4 heteroatoms. The molecular formula is C26H32N2O2. The third kappa shape index (κ3) is 5.10. The van der Waals surface area contributed by atoms with Crippen LogP contribution in [0.5, 0.6) is 0 Å². The lowest BCUT2D eigenvalue weighted by Gasteiger charge is -2.31. The zero-order valence-corrected chi connectivity index (χ0v) is 18.1. The second-order valence-corrected chi connectivity index (χ2v) is 9.00. The second-order valence-electron chi connectivity index (χ2n) is 9.00. The van der Waals surface area contributed by atoms with Crippen LogP contribution in [0.4, 0.5) is 0 Å². The first-order chi connectivity index (χ1) is 14.5. The van der Waals surface area contributed by atoms with Crippen molar-refractivity contribution in [1.29, 1.82) is 0 Å².